The van der Waals surface area contributed by atoms with Gasteiger partial charge in [0.1, 0.15) is 0 Å². The Morgan fingerprint density at radius 1 is 1.17 bits per heavy atom. The average molecular weight is 399 g/mol. The third kappa shape index (κ3) is 7.18. The van der Waals surface area contributed by atoms with Crippen LogP contribution < -0.4 is 10.6 Å². The van der Waals surface area contributed by atoms with Crippen molar-refractivity contribution in [2.24, 2.45) is 10.9 Å². The number of hydrogen-bond acceptors (Lipinski definition) is 4. The van der Waals surface area contributed by atoms with Gasteiger partial charge in [0.15, 0.2) is 5.96 Å². The van der Waals surface area contributed by atoms with E-state index in [4.69, 9.17) is 9.73 Å². The number of ether oxygens (including phenoxy) is 1. The second-order valence-electron chi connectivity index (χ2n) is 7.57. The molecule has 2 heterocycles. The minimum atomic E-state index is 0.451. The minimum absolute atomic E-state index is 0.451. The van der Waals surface area contributed by atoms with E-state index >= 15 is 0 Å². The summed E-state index contributed by atoms with van der Waals surface area (Å²) < 4.78 is 7.44. The molecule has 0 amide bonds. The predicted octanol–water partition coefficient (Wildman–Crippen LogP) is 2.11. The molecule has 29 heavy (non-hydrogen) atoms. The number of aromatic nitrogens is 2. The molecule has 7 nitrogen and oxygen atoms in total. The number of aliphatic imine (C=N–C) groups is 1. The van der Waals surface area contributed by atoms with Gasteiger partial charge >= 0.3 is 0 Å². The number of rotatable bonds is 9. The van der Waals surface area contributed by atoms with Crippen molar-refractivity contribution in [2.75, 3.05) is 39.4 Å². The number of nitrogens with one attached hydrogen (secondary N) is 2. The summed E-state index contributed by atoms with van der Waals surface area (Å²) in [5.41, 5.74) is 2.63. The molecule has 2 N–H and O–H groups in total. The van der Waals surface area contributed by atoms with Crippen LogP contribution in [-0.2, 0) is 24.4 Å². The maximum atomic E-state index is 5.47. The third-order valence-corrected chi connectivity index (χ3v) is 5.04. The predicted molar refractivity (Wildman–Crippen MR) is 117 cm³/mol. The zero-order valence-corrected chi connectivity index (χ0v) is 17.7. The lowest BCUT2D eigenvalue weighted by Gasteiger charge is -2.27. The highest BCUT2D eigenvalue weighted by atomic mass is 16.5. The van der Waals surface area contributed by atoms with Gasteiger partial charge in [-0.1, -0.05) is 31.2 Å². The first-order valence-electron chi connectivity index (χ1n) is 10.6. The van der Waals surface area contributed by atoms with Gasteiger partial charge in [-0.25, -0.2) is 4.99 Å². The van der Waals surface area contributed by atoms with E-state index < -0.39 is 0 Å². The molecule has 1 fully saturated rings. The molecule has 1 unspecified atom stereocenters. The highest BCUT2D eigenvalue weighted by Crippen LogP contribution is 2.14. The molecule has 1 aliphatic rings. The summed E-state index contributed by atoms with van der Waals surface area (Å²) in [4.78, 5) is 7.29. The molecule has 1 aliphatic heterocycles. The number of nitrogens with zero attached hydrogens (tertiary/aromatic N) is 4. The zero-order chi connectivity index (χ0) is 20.3. The number of benzene rings is 1. The Balaban J connectivity index is 1.56. The summed E-state index contributed by atoms with van der Waals surface area (Å²) in [6.45, 7) is 12.2. The van der Waals surface area contributed by atoms with Gasteiger partial charge in [0, 0.05) is 51.7 Å². The van der Waals surface area contributed by atoms with Crippen LogP contribution in [0, 0.1) is 5.92 Å². The Morgan fingerprint density at radius 2 is 1.97 bits per heavy atom. The number of hydrogen-bond donors (Lipinski definition) is 2. The Kier molecular flexibility index (Phi) is 8.52. The summed E-state index contributed by atoms with van der Waals surface area (Å²) in [6.07, 6.45) is 3.82. The zero-order valence-electron chi connectivity index (χ0n) is 17.7. The highest BCUT2D eigenvalue weighted by Gasteiger charge is 2.12. The van der Waals surface area contributed by atoms with E-state index in [1.807, 2.05) is 23.1 Å². The van der Waals surface area contributed by atoms with Crippen LogP contribution in [0.5, 0.6) is 0 Å². The lowest BCUT2D eigenvalue weighted by Crippen LogP contribution is -2.40. The van der Waals surface area contributed by atoms with Gasteiger partial charge in [-0.15, -0.1) is 0 Å². The summed E-state index contributed by atoms with van der Waals surface area (Å²) in [5.74, 6) is 1.31. The van der Waals surface area contributed by atoms with E-state index in [2.05, 4.69) is 58.7 Å². The van der Waals surface area contributed by atoms with Crippen molar-refractivity contribution in [3.05, 3.63) is 53.9 Å². The first-order valence-corrected chi connectivity index (χ1v) is 10.6. The lowest BCUT2D eigenvalue weighted by atomic mass is 10.1. The molecule has 1 saturated heterocycles. The molecule has 0 saturated carbocycles. The summed E-state index contributed by atoms with van der Waals surface area (Å²) in [5, 5.41) is 11.1. The van der Waals surface area contributed by atoms with E-state index in [0.717, 1.165) is 58.4 Å². The van der Waals surface area contributed by atoms with Crippen LogP contribution in [0.3, 0.4) is 0 Å². The first-order chi connectivity index (χ1) is 14.2. The monoisotopic (exact) mass is 398 g/mol. The summed E-state index contributed by atoms with van der Waals surface area (Å²) in [7, 11) is 0. The molecule has 0 bridgehead atoms. The molecule has 7 heteroatoms. The van der Waals surface area contributed by atoms with E-state index in [-0.39, 0.29) is 0 Å². The third-order valence-electron chi connectivity index (χ3n) is 5.04. The van der Waals surface area contributed by atoms with Gasteiger partial charge in [-0.3, -0.25) is 9.58 Å². The standard InChI is InChI=1S/C22H34N6O/c1-3-23-22(24-15-19(2)17-28-10-6-9-26-28)25-16-20-7-4-5-8-21(20)18-27-11-13-29-14-12-27/h4-10,19H,3,11-18H2,1-2H3,(H2,23,24,25). The minimum Gasteiger partial charge on any atom is -0.379 e. The van der Waals surface area contributed by atoms with Crippen molar-refractivity contribution >= 4 is 5.96 Å². The SMILES string of the molecule is CCNC(=NCc1ccccc1CN1CCOCC1)NCC(C)Cn1cccn1. The van der Waals surface area contributed by atoms with Gasteiger partial charge in [0.2, 0.25) is 0 Å². The summed E-state index contributed by atoms with van der Waals surface area (Å²) >= 11 is 0. The Bertz CT molecular complexity index is 740. The topological polar surface area (TPSA) is 66.7 Å². The van der Waals surface area contributed by atoms with Crippen LogP contribution in [0.2, 0.25) is 0 Å². The maximum Gasteiger partial charge on any atom is 0.191 e. The van der Waals surface area contributed by atoms with Crippen molar-refractivity contribution in [1.82, 2.24) is 25.3 Å². The summed E-state index contributed by atoms with van der Waals surface area (Å²) in [6, 6.07) is 10.6. The fourth-order valence-corrected chi connectivity index (χ4v) is 3.44. The molecule has 0 radical (unpaired) electrons. The molecule has 2 aromatic rings. The lowest BCUT2D eigenvalue weighted by molar-refractivity contribution is 0.0341. The van der Waals surface area contributed by atoms with Crippen LogP contribution >= 0.6 is 0 Å². The largest absolute Gasteiger partial charge is 0.379 e. The van der Waals surface area contributed by atoms with Gasteiger partial charge in [-0.2, -0.15) is 5.10 Å². The molecule has 158 valence electrons. The Hall–Kier alpha value is -2.38. The van der Waals surface area contributed by atoms with E-state index in [1.54, 1.807) is 0 Å². The quantitative estimate of drug-likeness (QED) is 0.500. The van der Waals surface area contributed by atoms with Crippen molar-refractivity contribution < 1.29 is 4.74 Å². The molecular weight excluding hydrogens is 364 g/mol. The van der Waals surface area contributed by atoms with Crippen molar-refractivity contribution in [1.29, 1.82) is 0 Å². The molecular formula is C22H34N6O. The van der Waals surface area contributed by atoms with Crippen LogP contribution in [0.4, 0.5) is 0 Å². The van der Waals surface area contributed by atoms with Gasteiger partial charge in [0.05, 0.1) is 19.8 Å². The van der Waals surface area contributed by atoms with Crippen molar-refractivity contribution in [2.45, 2.75) is 33.5 Å². The fourth-order valence-electron chi connectivity index (χ4n) is 3.44. The molecule has 1 aromatic carbocycles. The molecule has 1 atom stereocenters. The van der Waals surface area contributed by atoms with Gasteiger partial charge in [0.25, 0.3) is 0 Å². The molecule has 3 rings (SSSR count). The van der Waals surface area contributed by atoms with Gasteiger partial charge in [-0.05, 0) is 30.0 Å². The van der Waals surface area contributed by atoms with Crippen molar-refractivity contribution in [3.8, 4) is 0 Å². The normalized spacial score (nSPS) is 16.6. The van der Waals surface area contributed by atoms with Crippen molar-refractivity contribution in [3.63, 3.8) is 0 Å². The number of guanidine groups is 1. The number of morpholine rings is 1. The fraction of sp³-hybridized carbons (Fsp3) is 0.545. The highest BCUT2D eigenvalue weighted by molar-refractivity contribution is 5.79. The molecule has 1 aromatic heterocycles. The van der Waals surface area contributed by atoms with Crippen LogP contribution in [-0.4, -0.2) is 60.0 Å². The Labute approximate surface area is 174 Å². The van der Waals surface area contributed by atoms with E-state index in [0.29, 0.717) is 12.5 Å². The van der Waals surface area contributed by atoms with Crippen LogP contribution in [0.15, 0.2) is 47.7 Å². The maximum absolute atomic E-state index is 5.47. The molecule has 0 spiro atoms. The average Bonchev–Trinajstić information content (AvgIpc) is 3.25. The second kappa shape index (κ2) is 11.6. The smallest absolute Gasteiger partial charge is 0.191 e. The first kappa shape index (κ1) is 21.3. The Morgan fingerprint density at radius 3 is 2.69 bits per heavy atom. The second-order valence-corrected chi connectivity index (χ2v) is 7.57. The molecule has 0 aliphatic carbocycles. The van der Waals surface area contributed by atoms with E-state index in [9.17, 15) is 0 Å². The van der Waals surface area contributed by atoms with Crippen LogP contribution in [0.25, 0.3) is 0 Å². The van der Waals surface area contributed by atoms with Gasteiger partial charge < -0.3 is 15.4 Å². The van der Waals surface area contributed by atoms with E-state index in [1.165, 1.54) is 11.1 Å². The van der Waals surface area contributed by atoms with Crippen LogP contribution in [0.1, 0.15) is 25.0 Å².